The van der Waals surface area contributed by atoms with Crippen LogP contribution in [0.1, 0.15) is 12.5 Å². The van der Waals surface area contributed by atoms with E-state index in [1.54, 1.807) is 0 Å². The van der Waals surface area contributed by atoms with Gasteiger partial charge in [0, 0.05) is 44.3 Å². The van der Waals surface area contributed by atoms with Crippen molar-refractivity contribution in [1.29, 1.82) is 0 Å². The van der Waals surface area contributed by atoms with Crippen molar-refractivity contribution in [1.82, 2.24) is 0 Å². The zero-order valence-electron chi connectivity index (χ0n) is 39.3. The first-order chi connectivity index (χ1) is 33.0. The van der Waals surface area contributed by atoms with Crippen LogP contribution in [0.25, 0.3) is 66.5 Å². The fraction of sp³-hybridized carbons (Fsp3) is 0.0769. The molecule has 2 nitrogen and oxygen atoms in total. The molecular formula is C65H56N2S. The molecule has 0 bridgehead atoms. The molecule has 11 rings (SSSR count). The maximum atomic E-state index is 4.81. The highest BCUT2D eigenvalue weighted by molar-refractivity contribution is 8.51. The Morgan fingerprint density at radius 1 is 0.500 bits per heavy atom. The molecule has 10 aromatic carbocycles. The van der Waals surface area contributed by atoms with Crippen molar-refractivity contribution in [3.63, 3.8) is 0 Å². The second-order valence-corrected chi connectivity index (χ2v) is 26.1. The lowest BCUT2D eigenvalue weighted by Gasteiger charge is -2.54. The first-order valence-electron chi connectivity index (χ1n) is 23.6. The molecule has 332 valence electrons. The highest BCUT2D eigenvalue weighted by Crippen LogP contribution is 2.74. The van der Waals surface area contributed by atoms with E-state index in [-0.39, 0.29) is 0 Å². The normalized spacial score (nSPS) is 16.4. The van der Waals surface area contributed by atoms with Crippen LogP contribution >= 0.6 is 9.16 Å². The van der Waals surface area contributed by atoms with E-state index in [4.69, 9.17) is 6.58 Å². The molecule has 1 aliphatic heterocycles. The molecule has 0 fully saturated rings. The summed E-state index contributed by atoms with van der Waals surface area (Å²) in [6.45, 7) is 11.4. The molecule has 68 heavy (non-hydrogen) atoms. The van der Waals surface area contributed by atoms with E-state index in [9.17, 15) is 0 Å². The van der Waals surface area contributed by atoms with Crippen LogP contribution in [0.3, 0.4) is 0 Å². The summed E-state index contributed by atoms with van der Waals surface area (Å²) in [6.07, 6.45) is 21.6. The lowest BCUT2D eigenvalue weighted by molar-refractivity contribution is 1.16. The van der Waals surface area contributed by atoms with Crippen LogP contribution in [0.5, 0.6) is 0 Å². The highest BCUT2D eigenvalue weighted by atomic mass is 32.3. The van der Waals surface area contributed by atoms with E-state index >= 15 is 0 Å². The molecule has 0 saturated carbocycles. The Labute approximate surface area is 400 Å². The maximum absolute atomic E-state index is 4.81. The van der Waals surface area contributed by atoms with Gasteiger partial charge in [0.1, 0.15) is 0 Å². The zero-order chi connectivity index (χ0) is 46.6. The third-order valence-electron chi connectivity index (χ3n) is 14.2. The van der Waals surface area contributed by atoms with Gasteiger partial charge in [0.25, 0.3) is 0 Å². The molecule has 1 aliphatic rings. The Morgan fingerprint density at radius 3 is 1.60 bits per heavy atom. The van der Waals surface area contributed by atoms with E-state index in [0.29, 0.717) is 0 Å². The van der Waals surface area contributed by atoms with Crippen molar-refractivity contribution in [2.45, 2.75) is 18.2 Å². The zero-order valence-corrected chi connectivity index (χ0v) is 40.2. The van der Waals surface area contributed by atoms with Gasteiger partial charge in [0.2, 0.25) is 0 Å². The first kappa shape index (κ1) is 42.8. The summed E-state index contributed by atoms with van der Waals surface area (Å²) in [4.78, 5) is 7.60. The fourth-order valence-electron chi connectivity index (χ4n) is 10.3. The summed E-state index contributed by atoms with van der Waals surface area (Å²) in [7, 11) is -2.81. The van der Waals surface area contributed by atoms with Gasteiger partial charge in [-0.2, -0.15) is 0 Å². The van der Waals surface area contributed by atoms with Gasteiger partial charge < -0.3 is 9.80 Å². The minimum Gasteiger partial charge on any atom is -0.313 e. The molecule has 0 N–H and O–H groups in total. The van der Waals surface area contributed by atoms with Gasteiger partial charge in [-0.25, -0.2) is 9.16 Å². The molecule has 0 radical (unpaired) electrons. The van der Waals surface area contributed by atoms with Crippen LogP contribution in [0.4, 0.5) is 28.4 Å². The predicted molar refractivity (Wildman–Crippen MR) is 303 cm³/mol. The van der Waals surface area contributed by atoms with Gasteiger partial charge in [-0.1, -0.05) is 183 Å². The maximum Gasteiger partial charge on any atom is 0.0620 e. The van der Waals surface area contributed by atoms with E-state index in [1.165, 1.54) is 58.5 Å². The number of nitrogens with zero attached hydrogens (tertiary/aromatic N) is 2. The van der Waals surface area contributed by atoms with Gasteiger partial charge in [-0.3, -0.25) is 0 Å². The van der Waals surface area contributed by atoms with Gasteiger partial charge in [0.15, 0.2) is 0 Å². The van der Waals surface area contributed by atoms with Gasteiger partial charge in [0.05, 0.1) is 11.4 Å². The van der Waals surface area contributed by atoms with Crippen LogP contribution in [0.15, 0.2) is 241 Å². The van der Waals surface area contributed by atoms with Gasteiger partial charge in [-0.05, 0) is 145 Å². The van der Waals surface area contributed by atoms with Crippen molar-refractivity contribution in [3.8, 4) is 0 Å². The minimum absolute atomic E-state index is 0.801. The molecule has 1 heterocycles. The first-order valence-corrected chi connectivity index (χ1v) is 27.1. The highest BCUT2D eigenvalue weighted by Gasteiger charge is 2.35. The average molecular weight is 897 g/mol. The number of fused-ring (bicyclic) bond motifs is 6. The molecule has 3 heteroatoms. The Bertz CT molecular complexity index is 3820. The topological polar surface area (TPSA) is 6.48 Å². The van der Waals surface area contributed by atoms with Crippen LogP contribution in [0.2, 0.25) is 0 Å². The van der Waals surface area contributed by atoms with Gasteiger partial charge in [-0.15, -0.1) is 0 Å². The molecule has 0 aromatic heterocycles. The molecule has 10 aromatic rings. The van der Waals surface area contributed by atoms with Crippen LogP contribution < -0.4 is 20.2 Å². The molecule has 0 saturated heterocycles. The van der Waals surface area contributed by atoms with Gasteiger partial charge >= 0.3 is 0 Å². The number of rotatable bonds is 7. The molecule has 0 aliphatic carbocycles. The fourth-order valence-corrected chi connectivity index (χ4v) is 12.9. The quantitative estimate of drug-likeness (QED) is 0.0967. The SMILES string of the molecule is C=C1/C=C\C=C/Cc2cc3c(N(/C(C)=C/C=c4/ccccc4=C)c4ccc5ccccc5c4)c4ccccc4c(N(c4ccc5ccccc5c4)c4ccc5ccccc5c4)c3cc2[SH]1(C)(C)C. The van der Waals surface area contributed by atoms with E-state index in [0.717, 1.165) is 61.8 Å². The van der Waals surface area contributed by atoms with E-state index in [1.807, 2.05) is 0 Å². The summed E-state index contributed by atoms with van der Waals surface area (Å²) in [5.41, 5.74) is 8.00. The number of thiol groups is 1. The molecule has 0 spiro atoms. The van der Waals surface area contributed by atoms with Crippen molar-refractivity contribution in [2.75, 3.05) is 28.6 Å². The lowest BCUT2D eigenvalue weighted by atomic mass is 9.93. The average Bonchev–Trinajstić information content (AvgIpc) is 3.40. The second-order valence-electron chi connectivity index (χ2n) is 19.5. The Kier molecular flexibility index (Phi) is 10.6. The molecule has 0 unspecified atom stereocenters. The molecular weight excluding hydrogens is 841 g/mol. The minimum atomic E-state index is -2.81. The number of anilines is 5. The lowest BCUT2D eigenvalue weighted by Crippen LogP contribution is -2.22. The summed E-state index contributed by atoms with van der Waals surface area (Å²) < 4.78 is 0. The summed E-state index contributed by atoms with van der Waals surface area (Å²) >= 11 is 0. The summed E-state index contributed by atoms with van der Waals surface area (Å²) in [5, 5.41) is 14.0. The van der Waals surface area contributed by atoms with Crippen LogP contribution in [-0.4, -0.2) is 18.8 Å². The largest absolute Gasteiger partial charge is 0.313 e. The summed E-state index contributed by atoms with van der Waals surface area (Å²) in [5.74, 6) is 0. The van der Waals surface area contributed by atoms with Crippen molar-refractivity contribution in [2.24, 2.45) is 0 Å². The van der Waals surface area contributed by atoms with Crippen LogP contribution in [0, 0.1) is 0 Å². The number of hydrogen-bond acceptors (Lipinski definition) is 2. The third-order valence-corrected chi connectivity index (χ3v) is 18.5. The Balaban J connectivity index is 1.32. The van der Waals surface area contributed by atoms with Crippen molar-refractivity contribution in [3.05, 3.63) is 252 Å². The molecule has 0 amide bonds. The van der Waals surface area contributed by atoms with E-state index in [2.05, 4.69) is 267 Å². The predicted octanol–water partition coefficient (Wildman–Crippen LogP) is 16.4. The van der Waals surface area contributed by atoms with E-state index < -0.39 is 9.16 Å². The van der Waals surface area contributed by atoms with Crippen molar-refractivity contribution < 1.29 is 0 Å². The second kappa shape index (κ2) is 16.8. The summed E-state index contributed by atoms with van der Waals surface area (Å²) in [6, 6.07) is 69.3. The number of allylic oxidation sites excluding steroid dienone is 6. The smallest absolute Gasteiger partial charge is 0.0620 e. The van der Waals surface area contributed by atoms with Crippen molar-refractivity contribution >= 4 is 104 Å². The van der Waals surface area contributed by atoms with Crippen LogP contribution in [-0.2, 0) is 6.42 Å². The molecule has 0 atom stereocenters. The monoisotopic (exact) mass is 896 g/mol. The Morgan fingerprint density at radius 2 is 1.00 bits per heavy atom. The third kappa shape index (κ3) is 7.50. The Hall–Kier alpha value is -7.85. The number of benzene rings is 10. The number of hydrogen-bond donors (Lipinski definition) is 1. The standard InChI is InChI=1S/C65H56N2S/c1-45-20-10-11-22-48(45)33-32-46(2)66(56-37-34-49-23-12-15-26-52(49)40-56)64-59-30-18-19-31-60(59)65(62-44-63-55(43-61(62)64)29-9-7-8-21-47(3)68(63,4,5)6)67(57-38-35-50-24-13-16-27-53(50)41-57)58-39-36-51-25-14-17-28-54(51)42-58/h7-28,30-44,68H,1,3,29H2,2,4-6H3/b9-7-,21-8-,46-32+,48-33-.